The van der Waals surface area contributed by atoms with Crippen molar-refractivity contribution >= 4 is 52.3 Å². The predicted octanol–water partition coefficient (Wildman–Crippen LogP) is 1.04. The summed E-state index contributed by atoms with van der Waals surface area (Å²) < 4.78 is 0. The van der Waals surface area contributed by atoms with Crippen molar-refractivity contribution in [1.29, 1.82) is 0 Å². The molecule has 0 aromatic heterocycles. The lowest BCUT2D eigenvalue weighted by Gasteiger charge is -2.05. The number of thiocarbonyl (C=S) groups is 2. The smallest absolute Gasteiger partial charge is 0.207 e. The molecule has 128 valence electrons. The van der Waals surface area contributed by atoms with Crippen molar-refractivity contribution in [2.24, 2.45) is 15.3 Å². The molecule has 0 aliphatic rings. The van der Waals surface area contributed by atoms with Gasteiger partial charge >= 0.3 is 0 Å². The number of phenolic OH excluding ortho intramolecular Hbond substituents is 1. The van der Waals surface area contributed by atoms with Crippen molar-refractivity contribution in [3.05, 3.63) is 29.8 Å². The Hall–Kier alpha value is -2.59. The normalized spacial score (nSPS) is 12.0. The van der Waals surface area contributed by atoms with Gasteiger partial charge in [0.25, 0.3) is 0 Å². The molecule has 0 atom stereocenters. The summed E-state index contributed by atoms with van der Waals surface area (Å²) in [5, 5.41) is 25.0. The lowest BCUT2D eigenvalue weighted by molar-refractivity contribution is 0.474. The van der Waals surface area contributed by atoms with Gasteiger partial charge in [0, 0.05) is 12.6 Å². The quantitative estimate of drug-likeness (QED) is 0.302. The molecule has 0 aliphatic heterocycles. The second-order valence-corrected chi connectivity index (χ2v) is 5.27. The summed E-state index contributed by atoms with van der Waals surface area (Å²) in [7, 11) is 1.70. The van der Waals surface area contributed by atoms with Gasteiger partial charge in [-0.1, -0.05) is 12.1 Å². The zero-order valence-electron chi connectivity index (χ0n) is 13.5. The van der Waals surface area contributed by atoms with Gasteiger partial charge in [-0.3, -0.25) is 16.3 Å². The van der Waals surface area contributed by atoms with Gasteiger partial charge in [0.2, 0.25) is 5.11 Å². The molecule has 0 fully saturated rings. The molecule has 1 aromatic carbocycles. The minimum atomic E-state index is 0.134. The van der Waals surface area contributed by atoms with Crippen molar-refractivity contribution < 1.29 is 5.11 Å². The van der Waals surface area contributed by atoms with Crippen LogP contribution in [0.25, 0.3) is 0 Å². The molecule has 0 saturated heterocycles. The van der Waals surface area contributed by atoms with Gasteiger partial charge in [0.15, 0.2) is 5.11 Å². The maximum atomic E-state index is 9.60. The van der Waals surface area contributed by atoms with Crippen LogP contribution in [0.5, 0.6) is 5.75 Å². The average molecular weight is 365 g/mol. The molecular weight excluding hydrogens is 346 g/mol. The predicted molar refractivity (Wildman–Crippen MR) is 106 cm³/mol. The van der Waals surface area contributed by atoms with Crippen LogP contribution < -0.4 is 21.6 Å². The van der Waals surface area contributed by atoms with E-state index in [1.54, 1.807) is 45.2 Å². The molecule has 24 heavy (non-hydrogen) atoms. The van der Waals surface area contributed by atoms with Crippen molar-refractivity contribution in [3.63, 3.8) is 0 Å². The molecule has 1 rings (SSSR count). The number of phenols is 1. The van der Waals surface area contributed by atoms with Crippen molar-refractivity contribution in [1.82, 2.24) is 21.6 Å². The second kappa shape index (κ2) is 10.2. The summed E-state index contributed by atoms with van der Waals surface area (Å²) in [6, 6.07) is 6.82. The third-order valence-corrected chi connectivity index (χ3v) is 3.19. The molecule has 1 aromatic rings. The summed E-state index contributed by atoms with van der Waals surface area (Å²) in [6.45, 7) is 3.54. The van der Waals surface area contributed by atoms with E-state index < -0.39 is 0 Å². The molecule has 8 nitrogen and oxygen atoms in total. The highest BCUT2D eigenvalue weighted by Crippen LogP contribution is 2.12. The van der Waals surface area contributed by atoms with Gasteiger partial charge in [-0.25, -0.2) is 0 Å². The van der Waals surface area contributed by atoms with E-state index in [1.165, 1.54) is 6.21 Å². The maximum absolute atomic E-state index is 9.60. The highest BCUT2D eigenvalue weighted by atomic mass is 32.1. The van der Waals surface area contributed by atoms with Gasteiger partial charge in [-0.15, -0.1) is 0 Å². The van der Waals surface area contributed by atoms with Gasteiger partial charge in [0.05, 0.1) is 17.6 Å². The number of nitrogens with zero attached hydrogens (tertiary/aromatic N) is 3. The van der Waals surface area contributed by atoms with E-state index in [0.29, 0.717) is 22.1 Å². The first-order valence-electron chi connectivity index (χ1n) is 6.87. The molecule has 5 N–H and O–H groups in total. The number of para-hydroxylation sites is 1. The van der Waals surface area contributed by atoms with Crippen molar-refractivity contribution in [2.75, 3.05) is 7.05 Å². The van der Waals surface area contributed by atoms with Crippen molar-refractivity contribution in [2.45, 2.75) is 13.8 Å². The van der Waals surface area contributed by atoms with Crippen LogP contribution in [0.4, 0.5) is 0 Å². The highest BCUT2D eigenvalue weighted by molar-refractivity contribution is 7.80. The van der Waals surface area contributed by atoms with E-state index in [4.69, 9.17) is 24.4 Å². The summed E-state index contributed by atoms with van der Waals surface area (Å²) in [5.41, 5.74) is 9.73. The number of hydrazone groups is 3. The van der Waals surface area contributed by atoms with E-state index in [1.807, 2.05) is 0 Å². The van der Waals surface area contributed by atoms with E-state index in [9.17, 15) is 5.11 Å². The monoisotopic (exact) mass is 365 g/mol. The SMILES string of the molecule is CNC(=S)N/N=C(C)/C(C)=N/NC(=S)N/N=C/c1ccccc1O. The standard InChI is InChI=1S/C14H19N7OS2/c1-9(17-20-13(23)15-3)10(2)18-21-14(24)19-16-8-11-6-4-5-7-12(11)22/h4-8,22H,1-3H3,(H2,15,20,23)(H2,19,21,24)/b16-8+,17-9+,18-10+. The van der Waals surface area contributed by atoms with Crippen LogP contribution in [0.3, 0.4) is 0 Å². The number of hydrogen-bond donors (Lipinski definition) is 5. The fraction of sp³-hybridized carbons (Fsp3) is 0.214. The molecule has 0 radical (unpaired) electrons. The Morgan fingerprint density at radius 3 is 2.17 bits per heavy atom. The van der Waals surface area contributed by atoms with Gasteiger partial charge in [0.1, 0.15) is 5.75 Å². The molecule has 0 saturated carbocycles. The van der Waals surface area contributed by atoms with Crippen LogP contribution in [-0.2, 0) is 0 Å². The van der Waals surface area contributed by atoms with Crippen LogP contribution in [0.2, 0.25) is 0 Å². The van der Waals surface area contributed by atoms with Gasteiger partial charge in [-0.2, -0.15) is 15.3 Å². The number of rotatable bonds is 5. The molecule has 10 heteroatoms. The van der Waals surface area contributed by atoms with E-state index in [-0.39, 0.29) is 10.9 Å². The zero-order chi connectivity index (χ0) is 17.9. The van der Waals surface area contributed by atoms with Crippen LogP contribution >= 0.6 is 24.4 Å². The first-order chi connectivity index (χ1) is 11.4. The minimum absolute atomic E-state index is 0.134. The molecule has 0 unspecified atom stereocenters. The molecule has 0 amide bonds. The Balaban J connectivity index is 2.50. The Bertz CT molecular complexity index is 685. The number of aromatic hydroxyl groups is 1. The van der Waals surface area contributed by atoms with Crippen LogP contribution in [-0.4, -0.2) is 40.0 Å². The highest BCUT2D eigenvalue weighted by Gasteiger charge is 1.99. The first-order valence-corrected chi connectivity index (χ1v) is 7.69. The molecular formula is C14H19N7OS2. The Morgan fingerprint density at radius 1 is 1.00 bits per heavy atom. The Morgan fingerprint density at radius 2 is 1.58 bits per heavy atom. The fourth-order valence-corrected chi connectivity index (χ4v) is 1.41. The first kappa shape index (κ1) is 19.5. The largest absolute Gasteiger partial charge is 0.507 e. The Kier molecular flexibility index (Phi) is 8.30. The average Bonchev–Trinajstić information content (AvgIpc) is 2.58. The van der Waals surface area contributed by atoms with Crippen LogP contribution in [0.15, 0.2) is 39.6 Å². The van der Waals surface area contributed by atoms with Gasteiger partial charge < -0.3 is 10.4 Å². The topological polar surface area (TPSA) is 105 Å². The van der Waals surface area contributed by atoms with Gasteiger partial charge in [-0.05, 0) is 50.4 Å². The molecule has 0 spiro atoms. The lowest BCUT2D eigenvalue weighted by atomic mass is 10.2. The molecule has 0 bridgehead atoms. The third kappa shape index (κ3) is 7.11. The molecule has 0 aliphatic carbocycles. The van der Waals surface area contributed by atoms with E-state index in [0.717, 1.165) is 0 Å². The zero-order valence-corrected chi connectivity index (χ0v) is 15.1. The summed E-state index contributed by atoms with van der Waals surface area (Å²) in [4.78, 5) is 0. The van der Waals surface area contributed by atoms with Crippen molar-refractivity contribution in [3.8, 4) is 5.75 Å². The fourth-order valence-electron chi connectivity index (χ4n) is 1.27. The van der Waals surface area contributed by atoms with Crippen LogP contribution in [0, 0.1) is 0 Å². The third-order valence-electron chi connectivity index (χ3n) is 2.71. The Labute approximate surface area is 151 Å². The number of hydrogen-bond acceptors (Lipinski definition) is 6. The number of nitrogens with one attached hydrogen (secondary N) is 4. The maximum Gasteiger partial charge on any atom is 0.207 e. The van der Waals surface area contributed by atoms with E-state index in [2.05, 4.69) is 36.9 Å². The second-order valence-electron chi connectivity index (χ2n) is 4.46. The molecule has 0 heterocycles. The minimum Gasteiger partial charge on any atom is -0.507 e. The summed E-state index contributed by atoms with van der Waals surface area (Å²) in [6.07, 6.45) is 1.45. The number of benzene rings is 1. The summed E-state index contributed by atoms with van der Waals surface area (Å²) >= 11 is 9.95. The summed E-state index contributed by atoms with van der Waals surface area (Å²) in [5.74, 6) is 0.134. The van der Waals surface area contributed by atoms with E-state index >= 15 is 0 Å². The van der Waals surface area contributed by atoms with Crippen LogP contribution in [0.1, 0.15) is 19.4 Å². The lowest BCUT2D eigenvalue weighted by Crippen LogP contribution is -2.31.